The minimum absolute atomic E-state index is 0.337. The SMILES string of the molecule is C[C@@H](OC(=O)/C=C/c1ccc(C(F)(F)F)cc1)C(=O)NC(N)=O. The smallest absolute Gasteiger partial charge is 0.416 e. The summed E-state index contributed by atoms with van der Waals surface area (Å²) in [7, 11) is 0. The molecule has 0 aliphatic carbocycles. The molecule has 0 unspecified atom stereocenters. The fourth-order valence-electron chi connectivity index (χ4n) is 1.44. The van der Waals surface area contributed by atoms with Crippen LogP contribution in [0.25, 0.3) is 6.08 Å². The highest BCUT2D eigenvalue weighted by Crippen LogP contribution is 2.29. The van der Waals surface area contributed by atoms with Crippen molar-refractivity contribution in [1.29, 1.82) is 0 Å². The largest absolute Gasteiger partial charge is 0.449 e. The van der Waals surface area contributed by atoms with Crippen molar-refractivity contribution < 1.29 is 32.3 Å². The average molecular weight is 330 g/mol. The Morgan fingerprint density at radius 1 is 1.22 bits per heavy atom. The normalized spacial score (nSPS) is 12.7. The van der Waals surface area contributed by atoms with E-state index in [0.717, 1.165) is 18.2 Å². The van der Waals surface area contributed by atoms with Gasteiger partial charge in [-0.1, -0.05) is 12.1 Å². The highest BCUT2D eigenvalue weighted by molar-refractivity contribution is 5.97. The molecule has 0 heterocycles. The zero-order chi connectivity index (χ0) is 17.6. The van der Waals surface area contributed by atoms with E-state index in [4.69, 9.17) is 5.73 Å². The van der Waals surface area contributed by atoms with Gasteiger partial charge < -0.3 is 10.5 Å². The maximum absolute atomic E-state index is 12.4. The van der Waals surface area contributed by atoms with Crippen LogP contribution in [0.15, 0.2) is 30.3 Å². The Morgan fingerprint density at radius 2 is 1.78 bits per heavy atom. The van der Waals surface area contributed by atoms with Gasteiger partial charge in [0.2, 0.25) is 0 Å². The van der Waals surface area contributed by atoms with E-state index < -0.39 is 35.8 Å². The first kappa shape index (κ1) is 18.2. The molecule has 0 saturated heterocycles. The molecule has 0 bridgehead atoms. The van der Waals surface area contributed by atoms with Crippen LogP contribution in [0.2, 0.25) is 0 Å². The maximum Gasteiger partial charge on any atom is 0.416 e. The van der Waals surface area contributed by atoms with Crippen molar-refractivity contribution in [2.24, 2.45) is 5.73 Å². The highest BCUT2D eigenvalue weighted by Gasteiger charge is 2.29. The average Bonchev–Trinajstić information content (AvgIpc) is 2.43. The van der Waals surface area contributed by atoms with Gasteiger partial charge in [-0.3, -0.25) is 10.1 Å². The van der Waals surface area contributed by atoms with Crippen molar-refractivity contribution >= 4 is 24.0 Å². The molecule has 124 valence electrons. The molecule has 3 amide bonds. The Kier molecular flexibility index (Phi) is 5.88. The van der Waals surface area contributed by atoms with Crippen molar-refractivity contribution in [3.63, 3.8) is 0 Å². The summed E-state index contributed by atoms with van der Waals surface area (Å²) in [4.78, 5) is 33.2. The third-order valence-electron chi connectivity index (χ3n) is 2.56. The lowest BCUT2D eigenvalue weighted by Crippen LogP contribution is -2.42. The van der Waals surface area contributed by atoms with Crippen molar-refractivity contribution in [1.82, 2.24) is 5.32 Å². The quantitative estimate of drug-likeness (QED) is 0.650. The summed E-state index contributed by atoms with van der Waals surface area (Å²) in [6.45, 7) is 1.22. The van der Waals surface area contributed by atoms with E-state index in [9.17, 15) is 27.6 Å². The molecule has 0 fully saturated rings. The molecular weight excluding hydrogens is 317 g/mol. The Balaban J connectivity index is 2.61. The summed E-state index contributed by atoms with van der Waals surface area (Å²) in [5.74, 6) is -1.80. The summed E-state index contributed by atoms with van der Waals surface area (Å²) >= 11 is 0. The first-order valence-corrected chi connectivity index (χ1v) is 6.26. The first-order valence-electron chi connectivity index (χ1n) is 6.26. The predicted molar refractivity (Wildman–Crippen MR) is 73.8 cm³/mol. The fraction of sp³-hybridized carbons (Fsp3) is 0.214. The number of benzene rings is 1. The van der Waals surface area contributed by atoms with Crippen molar-refractivity contribution in [3.8, 4) is 0 Å². The van der Waals surface area contributed by atoms with Crippen LogP contribution in [0.1, 0.15) is 18.1 Å². The molecule has 3 N–H and O–H groups in total. The number of hydrogen-bond donors (Lipinski definition) is 2. The number of imide groups is 1. The Hall–Kier alpha value is -2.84. The number of urea groups is 1. The minimum atomic E-state index is -4.44. The van der Waals surface area contributed by atoms with Gasteiger partial charge in [0.15, 0.2) is 6.10 Å². The second-order valence-corrected chi connectivity index (χ2v) is 4.39. The van der Waals surface area contributed by atoms with Crippen molar-refractivity contribution in [2.75, 3.05) is 0 Å². The predicted octanol–water partition coefficient (Wildman–Crippen LogP) is 1.85. The minimum Gasteiger partial charge on any atom is -0.449 e. The van der Waals surface area contributed by atoms with E-state index in [2.05, 4.69) is 4.74 Å². The lowest BCUT2D eigenvalue weighted by molar-refractivity contribution is -0.149. The molecule has 9 heteroatoms. The molecule has 0 radical (unpaired) electrons. The van der Waals surface area contributed by atoms with Gasteiger partial charge in [0, 0.05) is 6.08 Å². The van der Waals surface area contributed by atoms with E-state index in [0.29, 0.717) is 5.56 Å². The third kappa shape index (κ3) is 6.20. The number of ether oxygens (including phenoxy) is 1. The second kappa shape index (κ2) is 7.43. The first-order chi connectivity index (χ1) is 10.6. The van der Waals surface area contributed by atoms with E-state index >= 15 is 0 Å². The Bertz CT molecular complexity index is 624. The van der Waals surface area contributed by atoms with Crippen molar-refractivity contribution in [3.05, 3.63) is 41.5 Å². The van der Waals surface area contributed by atoms with E-state index in [1.807, 2.05) is 0 Å². The number of halogens is 3. The summed E-state index contributed by atoms with van der Waals surface area (Å²) < 4.78 is 41.8. The van der Waals surface area contributed by atoms with Gasteiger partial charge in [-0.05, 0) is 30.7 Å². The van der Waals surface area contributed by atoms with Crippen LogP contribution in [0, 0.1) is 0 Å². The highest BCUT2D eigenvalue weighted by atomic mass is 19.4. The van der Waals surface area contributed by atoms with Gasteiger partial charge in [-0.2, -0.15) is 13.2 Å². The zero-order valence-electron chi connectivity index (χ0n) is 11.9. The number of amides is 3. The zero-order valence-corrected chi connectivity index (χ0v) is 11.9. The lowest BCUT2D eigenvalue weighted by Gasteiger charge is -2.10. The molecule has 0 spiro atoms. The third-order valence-corrected chi connectivity index (χ3v) is 2.56. The molecule has 1 aromatic carbocycles. The van der Waals surface area contributed by atoms with Crippen LogP contribution in [-0.4, -0.2) is 24.0 Å². The number of carbonyl (C=O) groups excluding carboxylic acids is 3. The number of hydrogen-bond acceptors (Lipinski definition) is 4. The Morgan fingerprint density at radius 3 is 2.26 bits per heavy atom. The number of nitrogens with one attached hydrogen (secondary N) is 1. The molecular formula is C14H13F3N2O4. The van der Waals surface area contributed by atoms with Crippen LogP contribution < -0.4 is 11.1 Å². The van der Waals surface area contributed by atoms with Crippen LogP contribution in [0.5, 0.6) is 0 Å². The maximum atomic E-state index is 12.4. The number of carbonyl (C=O) groups is 3. The number of rotatable bonds is 4. The van der Waals surface area contributed by atoms with Gasteiger partial charge in [0.25, 0.3) is 5.91 Å². The molecule has 0 aliphatic heterocycles. The summed E-state index contributed by atoms with van der Waals surface area (Å²) in [6.07, 6.45) is -3.53. The molecule has 1 atom stereocenters. The summed E-state index contributed by atoms with van der Waals surface area (Å²) in [5.41, 5.74) is 4.26. The molecule has 1 aromatic rings. The molecule has 0 aromatic heterocycles. The standard InChI is InChI=1S/C14H13F3N2O4/c1-8(12(21)19-13(18)22)23-11(20)7-4-9-2-5-10(6-3-9)14(15,16)17/h2-8H,1H3,(H3,18,19,21,22)/b7-4+/t8-/m1/s1. The fourth-order valence-corrected chi connectivity index (χ4v) is 1.44. The van der Waals surface area contributed by atoms with E-state index in [1.54, 1.807) is 5.32 Å². The Labute approximate surface area is 129 Å². The number of alkyl halides is 3. The molecule has 0 aliphatic rings. The molecule has 6 nitrogen and oxygen atoms in total. The van der Waals surface area contributed by atoms with Crippen LogP contribution in [0.3, 0.4) is 0 Å². The van der Waals surface area contributed by atoms with E-state index in [-0.39, 0.29) is 0 Å². The monoisotopic (exact) mass is 330 g/mol. The second-order valence-electron chi connectivity index (χ2n) is 4.39. The van der Waals surface area contributed by atoms with Gasteiger partial charge in [0.05, 0.1) is 5.56 Å². The van der Waals surface area contributed by atoms with Gasteiger partial charge in [-0.25, -0.2) is 9.59 Å². The van der Waals surface area contributed by atoms with E-state index in [1.165, 1.54) is 25.1 Å². The lowest BCUT2D eigenvalue weighted by atomic mass is 10.1. The van der Waals surface area contributed by atoms with Crippen LogP contribution >= 0.6 is 0 Å². The van der Waals surface area contributed by atoms with Crippen LogP contribution in [-0.2, 0) is 20.5 Å². The molecule has 23 heavy (non-hydrogen) atoms. The topological polar surface area (TPSA) is 98.5 Å². The van der Waals surface area contributed by atoms with Crippen molar-refractivity contribution in [2.45, 2.75) is 19.2 Å². The number of esters is 1. The molecule has 1 rings (SSSR count). The number of nitrogens with two attached hydrogens (primary N) is 1. The van der Waals surface area contributed by atoms with Gasteiger partial charge in [-0.15, -0.1) is 0 Å². The molecule has 0 saturated carbocycles. The summed E-state index contributed by atoms with van der Waals surface area (Å²) in [5, 5.41) is 1.73. The van der Waals surface area contributed by atoms with Crippen LogP contribution in [0.4, 0.5) is 18.0 Å². The number of primary amides is 1. The van der Waals surface area contributed by atoms with Gasteiger partial charge in [0.1, 0.15) is 0 Å². The van der Waals surface area contributed by atoms with Gasteiger partial charge >= 0.3 is 18.2 Å². The summed E-state index contributed by atoms with van der Waals surface area (Å²) in [6, 6.07) is 3.01.